The maximum atomic E-state index is 12.5. The smallest absolute Gasteiger partial charge is 0.345 e. The first-order chi connectivity index (χ1) is 22.8. The van der Waals surface area contributed by atoms with Gasteiger partial charge < -0.3 is 18.9 Å². The van der Waals surface area contributed by atoms with Gasteiger partial charge in [0.2, 0.25) is 0 Å². The maximum absolute atomic E-state index is 12.5. The van der Waals surface area contributed by atoms with Crippen LogP contribution in [0.3, 0.4) is 0 Å². The van der Waals surface area contributed by atoms with E-state index in [2.05, 4.69) is 87.9 Å². The fourth-order valence-corrected chi connectivity index (χ4v) is 6.32. The van der Waals surface area contributed by atoms with Gasteiger partial charge in [0.05, 0.1) is 20.4 Å². The van der Waals surface area contributed by atoms with Gasteiger partial charge in [-0.25, -0.2) is 28.6 Å². The average Bonchev–Trinajstić information content (AvgIpc) is 3.76. The zero-order valence-electron chi connectivity index (χ0n) is 25.1. The Balaban J connectivity index is 0.000000185. The van der Waals surface area contributed by atoms with Gasteiger partial charge in [0.25, 0.3) is 0 Å². The predicted octanol–water partition coefficient (Wildman–Crippen LogP) is 6.78. The Bertz CT molecular complexity index is 2000. The van der Waals surface area contributed by atoms with Crippen LogP contribution in [0.4, 0.5) is 0 Å². The monoisotopic (exact) mass is 972 g/mol. The van der Waals surface area contributed by atoms with Gasteiger partial charge in [-0.3, -0.25) is 0 Å². The average molecular weight is 972 g/mol. The molecule has 0 saturated heterocycles. The molecular formula is C32H27I3N6O6. The van der Waals surface area contributed by atoms with Crippen LogP contribution in [0.1, 0.15) is 45.7 Å². The van der Waals surface area contributed by atoms with E-state index in [4.69, 9.17) is 18.9 Å². The molecule has 0 saturated carbocycles. The van der Waals surface area contributed by atoms with Crippen LogP contribution in [-0.2, 0) is 22.7 Å². The molecule has 242 valence electrons. The van der Waals surface area contributed by atoms with E-state index < -0.39 is 11.9 Å². The number of hydrogen-bond donors (Lipinski definition) is 0. The molecule has 4 aromatic heterocycles. The number of nitrogens with zero attached hydrogens (tertiary/aromatic N) is 6. The summed E-state index contributed by atoms with van der Waals surface area (Å²) in [6.07, 6.45) is 4.58. The quantitative estimate of drug-likeness (QED) is 0.0823. The summed E-state index contributed by atoms with van der Waals surface area (Å²) in [7, 11) is 0. The second kappa shape index (κ2) is 16.5. The van der Waals surface area contributed by atoms with Gasteiger partial charge in [-0.2, -0.15) is 10.2 Å². The number of fused-ring (bicyclic) bond motifs is 2. The molecule has 0 aliphatic carbocycles. The fourth-order valence-electron chi connectivity index (χ4n) is 4.37. The summed E-state index contributed by atoms with van der Waals surface area (Å²) in [4.78, 5) is 33.2. The lowest BCUT2D eigenvalue weighted by Gasteiger charge is -2.15. The van der Waals surface area contributed by atoms with Gasteiger partial charge in [-0.15, -0.1) is 0 Å². The zero-order valence-corrected chi connectivity index (χ0v) is 31.6. The molecule has 0 fully saturated rings. The Morgan fingerprint density at radius 3 is 1.79 bits per heavy atom. The van der Waals surface area contributed by atoms with Crippen molar-refractivity contribution in [3.8, 4) is 11.5 Å². The van der Waals surface area contributed by atoms with E-state index >= 15 is 0 Å². The molecule has 0 N–H and O–H groups in total. The lowest BCUT2D eigenvalue weighted by molar-refractivity contribution is 0.0512. The van der Waals surface area contributed by atoms with Crippen molar-refractivity contribution in [2.24, 2.45) is 0 Å². The topological polar surface area (TPSA) is 131 Å². The second-order valence-corrected chi connectivity index (χ2v) is 12.8. The summed E-state index contributed by atoms with van der Waals surface area (Å²) < 4.78 is 27.8. The molecule has 0 spiro atoms. The largest absolute Gasteiger partial charge is 0.487 e. The molecule has 15 heteroatoms. The molecule has 0 amide bonds. The van der Waals surface area contributed by atoms with E-state index in [0.29, 0.717) is 47.1 Å². The molecule has 4 heterocycles. The predicted molar refractivity (Wildman–Crippen MR) is 198 cm³/mol. The fraction of sp³-hybridized carbons (Fsp3) is 0.188. The molecule has 0 unspecified atom stereocenters. The number of esters is 2. The number of ether oxygens (including phenoxy) is 4. The number of halogens is 3. The van der Waals surface area contributed by atoms with E-state index in [9.17, 15) is 9.59 Å². The highest BCUT2D eigenvalue weighted by molar-refractivity contribution is 14.1. The van der Waals surface area contributed by atoms with Crippen molar-refractivity contribution in [1.82, 2.24) is 29.2 Å². The number of pyridine rings is 2. The van der Waals surface area contributed by atoms with Crippen molar-refractivity contribution in [2.45, 2.75) is 27.1 Å². The van der Waals surface area contributed by atoms with E-state index in [0.717, 1.165) is 22.0 Å². The Morgan fingerprint density at radius 2 is 1.21 bits per heavy atom. The summed E-state index contributed by atoms with van der Waals surface area (Å²) in [5, 5.41) is 8.25. The summed E-state index contributed by atoms with van der Waals surface area (Å²) in [5.41, 5.74) is 3.48. The molecule has 0 bridgehead atoms. The van der Waals surface area contributed by atoms with Crippen LogP contribution in [-0.4, -0.2) is 54.3 Å². The normalized spacial score (nSPS) is 10.7. The van der Waals surface area contributed by atoms with E-state index in [-0.39, 0.29) is 13.2 Å². The molecule has 0 radical (unpaired) electrons. The molecule has 6 rings (SSSR count). The second-order valence-electron chi connectivity index (χ2n) is 9.50. The van der Waals surface area contributed by atoms with Crippen LogP contribution < -0.4 is 9.47 Å². The van der Waals surface area contributed by atoms with Crippen molar-refractivity contribution >= 4 is 91.0 Å². The summed E-state index contributed by atoms with van der Waals surface area (Å²) in [5.74, 6) is 0.0103. The number of benzene rings is 2. The van der Waals surface area contributed by atoms with Gasteiger partial charge >= 0.3 is 11.9 Å². The first kappa shape index (κ1) is 34.7. The van der Waals surface area contributed by atoms with Gasteiger partial charge in [-0.05, 0) is 92.7 Å². The third-order valence-electron chi connectivity index (χ3n) is 6.45. The van der Waals surface area contributed by atoms with E-state index in [1.54, 1.807) is 29.1 Å². The van der Waals surface area contributed by atoms with Crippen molar-refractivity contribution in [3.63, 3.8) is 0 Å². The van der Waals surface area contributed by atoms with Crippen LogP contribution >= 0.6 is 67.8 Å². The molecule has 0 aliphatic heterocycles. The van der Waals surface area contributed by atoms with Gasteiger partial charge in [0.1, 0.15) is 40.7 Å². The van der Waals surface area contributed by atoms with Crippen LogP contribution in [0.5, 0.6) is 11.5 Å². The molecule has 47 heavy (non-hydrogen) atoms. The minimum Gasteiger partial charge on any atom is -0.487 e. The van der Waals surface area contributed by atoms with Gasteiger partial charge in [0, 0.05) is 6.20 Å². The Labute approximate surface area is 310 Å². The minimum absolute atomic E-state index is 0.278. The van der Waals surface area contributed by atoms with Gasteiger partial charge in [0.15, 0.2) is 22.8 Å². The molecular weight excluding hydrogens is 945 g/mol. The van der Waals surface area contributed by atoms with Crippen LogP contribution in [0.15, 0.2) is 79.5 Å². The minimum atomic E-state index is -0.466. The van der Waals surface area contributed by atoms with Crippen molar-refractivity contribution in [3.05, 3.63) is 113 Å². The van der Waals surface area contributed by atoms with Crippen molar-refractivity contribution < 1.29 is 28.5 Å². The lowest BCUT2D eigenvalue weighted by atomic mass is 10.2. The van der Waals surface area contributed by atoms with Crippen LogP contribution in [0.2, 0.25) is 0 Å². The first-order valence-electron chi connectivity index (χ1n) is 14.2. The molecule has 2 aromatic carbocycles. The highest BCUT2D eigenvalue weighted by Gasteiger charge is 2.26. The van der Waals surface area contributed by atoms with Crippen LogP contribution in [0, 0.1) is 10.8 Å². The molecule has 0 aliphatic rings. The van der Waals surface area contributed by atoms with E-state index in [1.165, 1.54) is 12.7 Å². The number of rotatable bonds is 10. The van der Waals surface area contributed by atoms with Crippen molar-refractivity contribution in [2.75, 3.05) is 13.2 Å². The number of hydrogen-bond acceptors (Lipinski definition) is 10. The Hall–Kier alpha value is -3.59. The number of carbonyl (C=O) groups excluding carboxylic acids is 2. The maximum Gasteiger partial charge on any atom is 0.345 e. The highest BCUT2D eigenvalue weighted by atomic mass is 127. The van der Waals surface area contributed by atoms with Gasteiger partial charge in [-0.1, -0.05) is 60.7 Å². The summed E-state index contributed by atoms with van der Waals surface area (Å²) >= 11 is 6.43. The first-order valence-corrected chi connectivity index (χ1v) is 17.5. The SMILES string of the molecule is CCOC(=O)c1c(OCc2ccccc2)c(I)c(I)n2ncnc12.CCOC(=O)c1c(OCc2ccccc2)c(I)cn2ncnc12. The standard InChI is InChI=1S/C16H13I2N3O3.C16H14IN3O3/c1-2-23-16(22)11-13(24-8-10-6-4-3-5-7-10)12(17)14(18)21-15(11)19-9-20-21;1-2-22-16(21)13-14(23-9-11-6-4-3-5-7-11)12(17)8-20-15(13)18-10-19-20/h3-7,9H,2,8H2,1H3;3-8,10H,2,9H2,1H3. The summed E-state index contributed by atoms with van der Waals surface area (Å²) in [6, 6.07) is 19.5. The number of carbonyl (C=O) groups is 2. The Morgan fingerprint density at radius 1 is 0.702 bits per heavy atom. The van der Waals surface area contributed by atoms with Crippen LogP contribution in [0.25, 0.3) is 11.3 Å². The van der Waals surface area contributed by atoms with Crippen molar-refractivity contribution in [1.29, 1.82) is 0 Å². The summed E-state index contributed by atoms with van der Waals surface area (Å²) in [6.45, 7) is 4.79. The zero-order chi connectivity index (χ0) is 33.3. The third kappa shape index (κ3) is 8.11. The number of aromatic nitrogens is 6. The molecule has 12 nitrogen and oxygen atoms in total. The lowest BCUT2D eigenvalue weighted by Crippen LogP contribution is -2.14. The Kier molecular flexibility index (Phi) is 12.2. The molecule has 6 aromatic rings. The highest BCUT2D eigenvalue weighted by Crippen LogP contribution is 2.34. The van der Waals surface area contributed by atoms with E-state index in [1.807, 2.05) is 60.7 Å². The molecule has 0 atom stereocenters. The third-order valence-corrected chi connectivity index (χ3v) is 10.2.